The molecule has 0 aromatic heterocycles. The van der Waals surface area contributed by atoms with Crippen LogP contribution in [0.15, 0.2) is 24.3 Å². The molecule has 98 valence electrons. The third kappa shape index (κ3) is 4.68. The second-order valence-electron chi connectivity index (χ2n) is 3.67. The number of alkyl halides is 3. The fraction of sp³-hybridized carbons (Fsp3) is 0.385. The summed E-state index contributed by atoms with van der Waals surface area (Å²) >= 11 is 0. The summed E-state index contributed by atoms with van der Waals surface area (Å²) in [6.45, 7) is 2.75. The molecular formula is C13H14F3NO. The van der Waals surface area contributed by atoms with Gasteiger partial charge in [-0.2, -0.15) is 0 Å². The molecule has 0 aliphatic rings. The Hall–Kier alpha value is -1.67. The van der Waals surface area contributed by atoms with Crippen molar-refractivity contribution in [2.45, 2.75) is 25.7 Å². The maximum absolute atomic E-state index is 12.0. The normalized spacial score (nSPS) is 12.8. The van der Waals surface area contributed by atoms with E-state index in [9.17, 15) is 13.2 Å². The van der Waals surface area contributed by atoms with Crippen LogP contribution in [-0.2, 0) is 0 Å². The van der Waals surface area contributed by atoms with Gasteiger partial charge in [-0.1, -0.05) is 25.0 Å². The number of benzene rings is 1. The lowest BCUT2D eigenvalue weighted by Crippen LogP contribution is -2.21. The summed E-state index contributed by atoms with van der Waals surface area (Å²) in [6, 6.07) is 5.24. The van der Waals surface area contributed by atoms with Crippen molar-refractivity contribution in [3.8, 4) is 18.1 Å². The molecule has 0 bridgehead atoms. The van der Waals surface area contributed by atoms with Crippen LogP contribution < -0.4 is 10.1 Å². The molecule has 1 aromatic rings. The zero-order valence-electron chi connectivity index (χ0n) is 9.92. The van der Waals surface area contributed by atoms with Gasteiger partial charge in [0.15, 0.2) is 0 Å². The van der Waals surface area contributed by atoms with Gasteiger partial charge in [0.05, 0.1) is 6.04 Å². The van der Waals surface area contributed by atoms with Crippen LogP contribution in [0.5, 0.6) is 5.75 Å². The maximum atomic E-state index is 12.0. The number of halogens is 3. The van der Waals surface area contributed by atoms with Crippen LogP contribution in [0.1, 0.15) is 24.9 Å². The molecule has 0 amide bonds. The zero-order chi connectivity index (χ0) is 13.6. The lowest BCUT2D eigenvalue weighted by molar-refractivity contribution is -0.274. The van der Waals surface area contributed by atoms with E-state index in [0.29, 0.717) is 0 Å². The predicted molar refractivity (Wildman–Crippen MR) is 63.0 cm³/mol. The van der Waals surface area contributed by atoms with Crippen LogP contribution in [0.2, 0.25) is 0 Å². The van der Waals surface area contributed by atoms with Crippen molar-refractivity contribution in [2.75, 3.05) is 6.54 Å². The Morgan fingerprint density at radius 1 is 1.33 bits per heavy atom. The summed E-state index contributed by atoms with van der Waals surface area (Å²) in [5.74, 6) is 2.29. The van der Waals surface area contributed by atoms with Crippen molar-refractivity contribution in [1.82, 2.24) is 5.32 Å². The minimum Gasteiger partial charge on any atom is -0.406 e. The van der Waals surface area contributed by atoms with Crippen LogP contribution >= 0.6 is 0 Å². The van der Waals surface area contributed by atoms with E-state index in [4.69, 9.17) is 6.42 Å². The van der Waals surface area contributed by atoms with Crippen LogP contribution in [-0.4, -0.2) is 12.9 Å². The number of rotatable bonds is 5. The van der Waals surface area contributed by atoms with E-state index in [1.54, 1.807) is 0 Å². The summed E-state index contributed by atoms with van der Waals surface area (Å²) in [5, 5.41) is 3.10. The highest BCUT2D eigenvalue weighted by molar-refractivity contribution is 5.32. The molecule has 5 heteroatoms. The Morgan fingerprint density at radius 3 is 2.39 bits per heavy atom. The smallest absolute Gasteiger partial charge is 0.406 e. The third-order valence-electron chi connectivity index (χ3n) is 2.21. The van der Waals surface area contributed by atoms with Gasteiger partial charge in [0.25, 0.3) is 0 Å². The molecule has 0 heterocycles. The van der Waals surface area contributed by atoms with Gasteiger partial charge in [0.1, 0.15) is 5.75 Å². The lowest BCUT2D eigenvalue weighted by atomic mass is 10.1. The second-order valence-corrected chi connectivity index (χ2v) is 3.67. The Bertz CT molecular complexity index is 406. The Kier molecular flexibility index (Phi) is 5.05. The molecule has 2 nitrogen and oxygen atoms in total. The number of hydrogen-bond acceptors (Lipinski definition) is 2. The zero-order valence-corrected chi connectivity index (χ0v) is 9.92. The monoisotopic (exact) mass is 257 g/mol. The summed E-state index contributed by atoms with van der Waals surface area (Å²) in [4.78, 5) is 0. The van der Waals surface area contributed by atoms with Crippen LogP contribution in [0.4, 0.5) is 13.2 Å². The molecule has 18 heavy (non-hydrogen) atoms. The number of nitrogens with one attached hydrogen (secondary N) is 1. The van der Waals surface area contributed by atoms with Crippen molar-refractivity contribution >= 4 is 0 Å². The number of ether oxygens (including phenoxy) is 1. The fourth-order valence-corrected chi connectivity index (χ4v) is 1.42. The molecule has 1 rings (SSSR count). The van der Waals surface area contributed by atoms with Gasteiger partial charge in [0.2, 0.25) is 0 Å². The first-order valence-electron chi connectivity index (χ1n) is 5.51. The molecule has 0 spiro atoms. The fourth-order valence-electron chi connectivity index (χ4n) is 1.42. The van der Waals surface area contributed by atoms with Gasteiger partial charge in [-0.05, 0) is 30.7 Å². The lowest BCUT2D eigenvalue weighted by Gasteiger charge is -2.14. The van der Waals surface area contributed by atoms with E-state index in [-0.39, 0.29) is 11.8 Å². The molecule has 0 radical (unpaired) electrons. The topological polar surface area (TPSA) is 21.3 Å². The minimum atomic E-state index is -4.67. The minimum absolute atomic E-state index is 0.252. The molecule has 1 atom stereocenters. The molecule has 0 aliphatic carbocycles. The summed E-state index contributed by atoms with van der Waals surface area (Å²) in [5.41, 5.74) is 0.737. The molecule has 1 unspecified atom stereocenters. The highest BCUT2D eigenvalue weighted by Crippen LogP contribution is 2.24. The van der Waals surface area contributed by atoms with E-state index >= 15 is 0 Å². The average Bonchev–Trinajstić information content (AvgIpc) is 2.30. The summed E-state index contributed by atoms with van der Waals surface area (Å²) < 4.78 is 39.7. The number of hydrogen-bond donors (Lipinski definition) is 1. The van der Waals surface area contributed by atoms with Crippen molar-refractivity contribution in [3.05, 3.63) is 29.8 Å². The molecule has 1 N–H and O–H groups in total. The second kappa shape index (κ2) is 6.31. The summed E-state index contributed by atoms with van der Waals surface area (Å²) in [7, 11) is 0. The predicted octanol–water partition coefficient (Wildman–Crippen LogP) is 3.26. The first-order chi connectivity index (χ1) is 8.46. The van der Waals surface area contributed by atoms with Crippen molar-refractivity contribution in [3.63, 3.8) is 0 Å². The van der Waals surface area contributed by atoms with E-state index in [1.165, 1.54) is 24.3 Å². The van der Waals surface area contributed by atoms with Gasteiger partial charge in [-0.3, -0.25) is 0 Å². The molecule has 1 aromatic carbocycles. The molecule has 0 aliphatic heterocycles. The van der Waals surface area contributed by atoms with Gasteiger partial charge < -0.3 is 10.1 Å². The third-order valence-corrected chi connectivity index (χ3v) is 2.21. The van der Waals surface area contributed by atoms with E-state index in [1.807, 2.05) is 6.92 Å². The SMILES string of the molecule is C#CC(NCCC)c1ccc(OC(F)(F)F)cc1. The van der Waals surface area contributed by atoms with E-state index < -0.39 is 6.36 Å². The Balaban J connectivity index is 2.72. The van der Waals surface area contributed by atoms with Gasteiger partial charge in [-0.15, -0.1) is 19.6 Å². The van der Waals surface area contributed by atoms with Crippen molar-refractivity contribution in [1.29, 1.82) is 0 Å². The highest BCUT2D eigenvalue weighted by atomic mass is 19.4. The van der Waals surface area contributed by atoms with Gasteiger partial charge in [-0.25, -0.2) is 0 Å². The first kappa shape index (κ1) is 14.4. The molecular weight excluding hydrogens is 243 g/mol. The molecule has 0 saturated carbocycles. The van der Waals surface area contributed by atoms with Crippen molar-refractivity contribution in [2.24, 2.45) is 0 Å². The van der Waals surface area contributed by atoms with Crippen LogP contribution in [0.3, 0.4) is 0 Å². The van der Waals surface area contributed by atoms with E-state index in [2.05, 4.69) is 16.0 Å². The largest absolute Gasteiger partial charge is 0.573 e. The standard InChI is InChI=1S/C13H14F3NO/c1-3-9-17-12(4-2)10-5-7-11(8-6-10)18-13(14,15)16/h2,5-8,12,17H,3,9H2,1H3. The average molecular weight is 257 g/mol. The summed E-state index contributed by atoms with van der Waals surface area (Å²) in [6.07, 6.45) is 1.61. The van der Waals surface area contributed by atoms with E-state index in [0.717, 1.165) is 18.5 Å². The van der Waals surface area contributed by atoms with Gasteiger partial charge >= 0.3 is 6.36 Å². The number of terminal acetylenes is 1. The highest BCUT2D eigenvalue weighted by Gasteiger charge is 2.31. The molecule has 0 fully saturated rings. The Morgan fingerprint density at radius 2 is 1.94 bits per heavy atom. The van der Waals surface area contributed by atoms with Crippen LogP contribution in [0.25, 0.3) is 0 Å². The first-order valence-corrected chi connectivity index (χ1v) is 5.51. The quantitative estimate of drug-likeness (QED) is 0.817. The molecule has 0 saturated heterocycles. The van der Waals surface area contributed by atoms with Crippen LogP contribution in [0, 0.1) is 12.3 Å². The Labute approximate surface area is 104 Å². The maximum Gasteiger partial charge on any atom is 0.573 e. The van der Waals surface area contributed by atoms with Crippen molar-refractivity contribution < 1.29 is 17.9 Å². The van der Waals surface area contributed by atoms with Gasteiger partial charge in [0, 0.05) is 0 Å².